The van der Waals surface area contributed by atoms with Crippen molar-refractivity contribution in [3.05, 3.63) is 33.4 Å². The lowest BCUT2D eigenvalue weighted by molar-refractivity contribution is -0.385. The Kier molecular flexibility index (Phi) is 5.43. The molecule has 0 aromatic heterocycles. The van der Waals surface area contributed by atoms with E-state index in [1.807, 2.05) is 0 Å². The largest absolute Gasteiger partial charge is 0.493 e. The van der Waals surface area contributed by atoms with E-state index in [-0.39, 0.29) is 28.3 Å². The number of methoxy groups -OCH3 is 1. The van der Waals surface area contributed by atoms with Crippen molar-refractivity contribution in [1.29, 1.82) is 10.5 Å². The zero-order valence-electron chi connectivity index (χ0n) is 11.3. The molecule has 0 saturated heterocycles. The molecule has 0 bridgehead atoms. The van der Waals surface area contributed by atoms with Crippen LogP contribution in [0.15, 0.2) is 17.7 Å². The molecule has 9 nitrogen and oxygen atoms in total. The number of nitrogens with zero attached hydrogens (tertiary/aromatic N) is 3. The Hall–Kier alpha value is -3.59. The van der Waals surface area contributed by atoms with Crippen molar-refractivity contribution >= 4 is 17.7 Å². The van der Waals surface area contributed by atoms with Crippen LogP contribution in [0.4, 0.5) is 5.69 Å². The van der Waals surface area contributed by atoms with Gasteiger partial charge in [-0.25, -0.2) is 4.79 Å². The number of nitriles is 2. The number of carboxylic acid groups (broad SMARTS) is 1. The average Bonchev–Trinajstić information content (AvgIpc) is 2.49. The van der Waals surface area contributed by atoms with E-state index in [0.29, 0.717) is 0 Å². The number of hydrogen-bond acceptors (Lipinski definition) is 7. The average molecular weight is 303 g/mol. The minimum Gasteiger partial charge on any atom is -0.493 e. The van der Waals surface area contributed by atoms with Gasteiger partial charge in [0.15, 0.2) is 18.1 Å². The number of nitro benzene ring substituents is 1. The van der Waals surface area contributed by atoms with Crippen LogP contribution in [0.5, 0.6) is 11.5 Å². The summed E-state index contributed by atoms with van der Waals surface area (Å²) in [7, 11) is 1.22. The lowest BCUT2D eigenvalue weighted by Gasteiger charge is -2.12. The van der Waals surface area contributed by atoms with Gasteiger partial charge in [-0.05, 0) is 6.08 Å². The topological polar surface area (TPSA) is 146 Å². The minimum atomic E-state index is -1.27. The van der Waals surface area contributed by atoms with Gasteiger partial charge in [0.1, 0.15) is 17.7 Å². The predicted molar refractivity (Wildman–Crippen MR) is 72.0 cm³/mol. The number of carbonyl (C=O) groups is 1. The first kappa shape index (κ1) is 16.5. The second kappa shape index (κ2) is 7.26. The van der Waals surface area contributed by atoms with Gasteiger partial charge in [0, 0.05) is 11.6 Å². The van der Waals surface area contributed by atoms with Crippen LogP contribution >= 0.6 is 0 Å². The van der Waals surface area contributed by atoms with E-state index in [1.54, 1.807) is 12.1 Å². The number of non-ortho nitro benzene ring substituents is 1. The molecular weight excluding hydrogens is 294 g/mol. The van der Waals surface area contributed by atoms with E-state index in [4.69, 9.17) is 25.1 Å². The first-order chi connectivity index (χ1) is 10.4. The van der Waals surface area contributed by atoms with Gasteiger partial charge >= 0.3 is 5.97 Å². The normalized spacial score (nSPS) is 9.05. The molecule has 1 aromatic rings. The molecule has 0 fully saturated rings. The quantitative estimate of drug-likeness (QED) is 0.472. The standard InChI is InChI=1S/C13H9N3O6/c1-21-11-4-10(16(19)20)3-9(2-8(5-14)6-15)13(11)22-7-12(17)18/h2-4H,7H2,1H3,(H,17,18). The summed E-state index contributed by atoms with van der Waals surface area (Å²) in [6.45, 7) is -0.719. The molecule has 0 aliphatic rings. The lowest BCUT2D eigenvalue weighted by atomic mass is 10.1. The Labute approximate surface area is 124 Å². The maximum atomic E-state index is 10.9. The van der Waals surface area contributed by atoms with Crippen LogP contribution in [0, 0.1) is 32.8 Å². The van der Waals surface area contributed by atoms with Crippen molar-refractivity contribution in [3.8, 4) is 23.6 Å². The Morgan fingerprint density at radius 1 is 1.45 bits per heavy atom. The van der Waals surface area contributed by atoms with Crippen LogP contribution in [0.25, 0.3) is 6.08 Å². The fraction of sp³-hybridized carbons (Fsp3) is 0.154. The van der Waals surface area contributed by atoms with E-state index in [2.05, 4.69) is 0 Å². The summed E-state index contributed by atoms with van der Waals surface area (Å²) in [5.41, 5.74) is -0.700. The number of benzene rings is 1. The van der Waals surface area contributed by atoms with Crippen molar-refractivity contribution in [2.24, 2.45) is 0 Å². The molecule has 0 atom stereocenters. The molecule has 0 saturated carbocycles. The molecule has 1 N–H and O–H groups in total. The van der Waals surface area contributed by atoms with E-state index in [0.717, 1.165) is 18.2 Å². The number of allylic oxidation sites excluding steroid dienone is 1. The van der Waals surface area contributed by atoms with Crippen LogP contribution < -0.4 is 9.47 Å². The van der Waals surface area contributed by atoms with Gasteiger partial charge in [-0.15, -0.1) is 0 Å². The third-order valence-electron chi connectivity index (χ3n) is 2.38. The molecule has 112 valence electrons. The molecule has 22 heavy (non-hydrogen) atoms. The number of carboxylic acids is 1. The highest BCUT2D eigenvalue weighted by Gasteiger charge is 2.19. The smallest absolute Gasteiger partial charge is 0.341 e. The second-order valence-electron chi connectivity index (χ2n) is 3.79. The Morgan fingerprint density at radius 2 is 2.09 bits per heavy atom. The van der Waals surface area contributed by atoms with Crippen molar-refractivity contribution < 1.29 is 24.3 Å². The van der Waals surface area contributed by atoms with Crippen molar-refractivity contribution in [2.45, 2.75) is 0 Å². The molecule has 0 radical (unpaired) electrons. The summed E-state index contributed by atoms with van der Waals surface area (Å²) in [5, 5.41) is 37.1. The molecular formula is C13H9N3O6. The van der Waals surface area contributed by atoms with Gasteiger partial charge < -0.3 is 14.6 Å². The van der Waals surface area contributed by atoms with Gasteiger partial charge in [0.25, 0.3) is 5.69 Å². The molecule has 0 unspecified atom stereocenters. The van der Waals surface area contributed by atoms with Gasteiger partial charge in [0.05, 0.1) is 18.1 Å². The van der Waals surface area contributed by atoms with E-state index < -0.39 is 17.5 Å². The van der Waals surface area contributed by atoms with Crippen LogP contribution in [-0.2, 0) is 4.79 Å². The summed E-state index contributed by atoms with van der Waals surface area (Å²) in [6, 6.07) is 5.29. The molecule has 0 heterocycles. The molecule has 1 aromatic carbocycles. The third kappa shape index (κ3) is 3.95. The zero-order chi connectivity index (χ0) is 16.7. The lowest BCUT2D eigenvalue weighted by Crippen LogP contribution is -2.11. The van der Waals surface area contributed by atoms with E-state index >= 15 is 0 Å². The number of ether oxygens (including phenoxy) is 2. The maximum Gasteiger partial charge on any atom is 0.341 e. The number of nitro groups is 1. The monoisotopic (exact) mass is 303 g/mol. The highest BCUT2D eigenvalue weighted by molar-refractivity contribution is 5.73. The number of aliphatic carboxylic acids is 1. The Balaban J connectivity index is 3.53. The van der Waals surface area contributed by atoms with Crippen molar-refractivity contribution in [1.82, 2.24) is 0 Å². The van der Waals surface area contributed by atoms with Crippen LogP contribution in [0.1, 0.15) is 5.56 Å². The molecule has 0 aliphatic carbocycles. The fourth-order valence-electron chi connectivity index (χ4n) is 1.51. The van der Waals surface area contributed by atoms with Gasteiger partial charge in [-0.3, -0.25) is 10.1 Å². The predicted octanol–water partition coefficient (Wildman–Crippen LogP) is 1.50. The van der Waals surface area contributed by atoms with E-state index in [9.17, 15) is 14.9 Å². The zero-order valence-corrected chi connectivity index (χ0v) is 11.3. The van der Waals surface area contributed by atoms with Crippen LogP contribution in [0.3, 0.4) is 0 Å². The number of rotatable bonds is 6. The highest BCUT2D eigenvalue weighted by atomic mass is 16.6. The molecule has 0 amide bonds. The Morgan fingerprint density at radius 3 is 2.55 bits per heavy atom. The molecule has 9 heteroatoms. The molecule has 0 aliphatic heterocycles. The summed E-state index contributed by atoms with van der Waals surface area (Å²) < 4.78 is 9.98. The summed E-state index contributed by atoms with van der Waals surface area (Å²) in [5.74, 6) is -1.47. The van der Waals surface area contributed by atoms with E-state index in [1.165, 1.54) is 7.11 Å². The van der Waals surface area contributed by atoms with Crippen molar-refractivity contribution in [2.75, 3.05) is 13.7 Å². The third-order valence-corrected chi connectivity index (χ3v) is 2.38. The summed E-state index contributed by atoms with van der Waals surface area (Å²) >= 11 is 0. The SMILES string of the molecule is COc1cc([N+](=O)[O-])cc(C=C(C#N)C#N)c1OCC(=O)O. The van der Waals surface area contributed by atoms with Crippen molar-refractivity contribution in [3.63, 3.8) is 0 Å². The first-order valence-corrected chi connectivity index (χ1v) is 5.65. The second-order valence-corrected chi connectivity index (χ2v) is 3.79. The number of hydrogen-bond donors (Lipinski definition) is 1. The van der Waals surface area contributed by atoms with Gasteiger partial charge in [-0.2, -0.15) is 10.5 Å². The maximum absolute atomic E-state index is 10.9. The molecule has 1 rings (SSSR count). The first-order valence-electron chi connectivity index (χ1n) is 5.65. The summed E-state index contributed by atoms with van der Waals surface area (Å²) in [6.07, 6.45) is 1.05. The van der Waals surface area contributed by atoms with Gasteiger partial charge in [-0.1, -0.05) is 0 Å². The van der Waals surface area contributed by atoms with Gasteiger partial charge in [0.2, 0.25) is 0 Å². The summed E-state index contributed by atoms with van der Waals surface area (Å²) in [4.78, 5) is 20.8. The molecule has 0 spiro atoms. The fourth-order valence-corrected chi connectivity index (χ4v) is 1.51. The highest BCUT2D eigenvalue weighted by Crippen LogP contribution is 2.37. The van der Waals surface area contributed by atoms with Crippen LogP contribution in [-0.4, -0.2) is 29.7 Å². The Bertz CT molecular complexity index is 711. The minimum absolute atomic E-state index is 0.00889. The van der Waals surface area contributed by atoms with Crippen LogP contribution in [0.2, 0.25) is 0 Å².